The lowest BCUT2D eigenvalue weighted by Gasteiger charge is -2.09. The molecule has 5 heterocycles. The van der Waals surface area contributed by atoms with Crippen LogP contribution in [0.1, 0.15) is 5.69 Å². The van der Waals surface area contributed by atoms with Gasteiger partial charge in [0.2, 0.25) is 10.8 Å². The average Bonchev–Trinajstić information content (AvgIpc) is 3.73. The van der Waals surface area contributed by atoms with Crippen molar-refractivity contribution in [3.63, 3.8) is 0 Å². The number of allylic oxidation sites excluding steroid dienone is 2. The van der Waals surface area contributed by atoms with Crippen molar-refractivity contribution in [3.8, 4) is 33.1 Å². The van der Waals surface area contributed by atoms with Gasteiger partial charge in [-0.05, 0) is 24.6 Å². The van der Waals surface area contributed by atoms with Gasteiger partial charge in [-0.25, -0.2) is 4.52 Å². The molecule has 0 fully saturated rings. The topological polar surface area (TPSA) is 119 Å². The molecule has 0 saturated carbocycles. The number of rotatable bonds is 5. The molecule has 0 amide bonds. The van der Waals surface area contributed by atoms with E-state index in [0.29, 0.717) is 27.1 Å². The van der Waals surface area contributed by atoms with Crippen molar-refractivity contribution in [2.24, 2.45) is 4.99 Å². The Balaban J connectivity index is 1.38. The third-order valence-corrected chi connectivity index (χ3v) is 7.00. The van der Waals surface area contributed by atoms with Crippen LogP contribution in [0.25, 0.3) is 49.8 Å². The van der Waals surface area contributed by atoms with Gasteiger partial charge in [-0.2, -0.15) is 0 Å². The van der Waals surface area contributed by atoms with Crippen LogP contribution in [0, 0.1) is 6.92 Å². The van der Waals surface area contributed by atoms with Crippen molar-refractivity contribution in [3.05, 3.63) is 90.4 Å². The first kappa shape index (κ1) is 22.1. The van der Waals surface area contributed by atoms with Gasteiger partial charge in [0.25, 0.3) is 0 Å². The molecule has 10 nitrogen and oxygen atoms in total. The number of aromatic nitrogens is 8. The second-order valence-corrected chi connectivity index (χ2v) is 9.46. The van der Waals surface area contributed by atoms with E-state index >= 15 is 0 Å². The molecule has 11 heteroatoms. The van der Waals surface area contributed by atoms with Crippen LogP contribution in [-0.4, -0.2) is 46.4 Å². The maximum atomic E-state index is 4.77. The summed E-state index contributed by atoms with van der Waals surface area (Å²) in [5.74, 6) is 0. The Labute approximate surface area is 220 Å². The molecule has 38 heavy (non-hydrogen) atoms. The van der Waals surface area contributed by atoms with Crippen LogP contribution in [-0.2, 0) is 0 Å². The Morgan fingerprint density at radius 3 is 2.34 bits per heavy atom. The highest BCUT2D eigenvalue weighted by molar-refractivity contribution is 7.18. The lowest BCUT2D eigenvalue weighted by Crippen LogP contribution is -2.02. The monoisotopic (exact) mass is 514 g/mol. The van der Waals surface area contributed by atoms with Gasteiger partial charge >= 0.3 is 0 Å². The Hall–Kier alpha value is -5.16. The molecule has 1 aliphatic rings. The molecule has 0 unspecified atom stereocenters. The first-order valence-electron chi connectivity index (χ1n) is 11.8. The number of hydrogen-bond donors (Lipinski definition) is 1. The number of fused-ring (bicyclic) bond motifs is 3. The van der Waals surface area contributed by atoms with E-state index in [9.17, 15) is 0 Å². The highest BCUT2D eigenvalue weighted by Crippen LogP contribution is 2.37. The van der Waals surface area contributed by atoms with Crippen LogP contribution in [0.5, 0.6) is 0 Å². The smallest absolute Gasteiger partial charge is 0.210 e. The van der Waals surface area contributed by atoms with Crippen molar-refractivity contribution in [1.29, 1.82) is 0 Å². The maximum absolute atomic E-state index is 4.77. The van der Waals surface area contributed by atoms with E-state index in [-0.39, 0.29) is 0 Å². The molecule has 1 N–H and O–H groups in total. The van der Waals surface area contributed by atoms with Gasteiger partial charge in [-0.3, -0.25) is 4.99 Å². The Bertz CT molecular complexity index is 1890. The summed E-state index contributed by atoms with van der Waals surface area (Å²) in [5.41, 5.74) is 6.92. The lowest BCUT2D eigenvalue weighted by atomic mass is 9.97. The van der Waals surface area contributed by atoms with Gasteiger partial charge in [-0.1, -0.05) is 72.0 Å². The summed E-state index contributed by atoms with van der Waals surface area (Å²) in [5, 5.41) is 36.7. The Morgan fingerprint density at radius 1 is 0.816 bits per heavy atom. The number of aliphatic imine (C=N–C) groups is 1. The van der Waals surface area contributed by atoms with E-state index in [1.165, 1.54) is 11.3 Å². The third-order valence-electron chi connectivity index (χ3n) is 6.14. The van der Waals surface area contributed by atoms with Crippen molar-refractivity contribution in [1.82, 2.24) is 40.2 Å². The van der Waals surface area contributed by atoms with Gasteiger partial charge in [0.15, 0.2) is 10.7 Å². The summed E-state index contributed by atoms with van der Waals surface area (Å²) in [6.45, 7) is 1.94. The molecule has 0 atom stereocenters. The van der Waals surface area contributed by atoms with Crippen LogP contribution in [0.3, 0.4) is 0 Å². The second kappa shape index (κ2) is 9.05. The molecule has 4 aromatic heterocycles. The van der Waals surface area contributed by atoms with Crippen molar-refractivity contribution < 1.29 is 0 Å². The van der Waals surface area contributed by atoms with Gasteiger partial charge in [-0.15, -0.1) is 35.7 Å². The summed E-state index contributed by atoms with van der Waals surface area (Å²) in [4.78, 5) is 4.21. The van der Waals surface area contributed by atoms with Gasteiger partial charge in [0, 0.05) is 23.5 Å². The number of nitrogens with zero attached hydrogens (tertiary/aromatic N) is 9. The van der Waals surface area contributed by atoms with Crippen molar-refractivity contribution >= 4 is 39.4 Å². The fourth-order valence-electron chi connectivity index (χ4n) is 4.35. The van der Waals surface area contributed by atoms with E-state index in [0.717, 1.165) is 39.2 Å². The molecule has 0 radical (unpaired) electrons. The standard InChI is InChI=1S/C27H18N10S/c1-16-22(26-34-35-27(38-26)29-15-19-13-8-14-28-19)30-33-25-21-20(17-9-4-2-5-10-17)23(18-11-6-3-7-12-18)31-32-24(21)36-37(16)25/h2-15H,1H3,(H,29,35)/b19-15-. The summed E-state index contributed by atoms with van der Waals surface area (Å²) in [6, 6.07) is 20.1. The van der Waals surface area contributed by atoms with Crippen LogP contribution < -0.4 is 5.32 Å². The predicted molar refractivity (Wildman–Crippen MR) is 148 cm³/mol. The normalized spacial score (nSPS) is 13.8. The zero-order chi connectivity index (χ0) is 25.5. The molecule has 0 aliphatic carbocycles. The first-order valence-corrected chi connectivity index (χ1v) is 12.6. The van der Waals surface area contributed by atoms with E-state index in [4.69, 9.17) is 5.10 Å². The predicted octanol–water partition coefficient (Wildman–Crippen LogP) is 5.12. The summed E-state index contributed by atoms with van der Waals surface area (Å²) in [7, 11) is 0. The summed E-state index contributed by atoms with van der Waals surface area (Å²) >= 11 is 1.37. The van der Waals surface area contributed by atoms with E-state index in [1.54, 1.807) is 16.9 Å². The molecule has 1 aliphatic heterocycles. The van der Waals surface area contributed by atoms with E-state index in [1.807, 2.05) is 67.6 Å². The maximum Gasteiger partial charge on any atom is 0.210 e. The number of benzene rings is 2. The van der Waals surface area contributed by atoms with Crippen LogP contribution in [0.2, 0.25) is 0 Å². The SMILES string of the molecule is Cc1c(-c2nnc(N/C=C3/C=CC=N3)s2)nnc2c3c(-c4ccccc4)c(-c4ccccc4)nnc3nn12. The van der Waals surface area contributed by atoms with Gasteiger partial charge < -0.3 is 5.32 Å². The Morgan fingerprint density at radius 2 is 1.58 bits per heavy atom. The fourth-order valence-corrected chi connectivity index (χ4v) is 5.10. The molecular formula is C27H18N10S. The zero-order valence-corrected chi connectivity index (χ0v) is 20.8. The quantitative estimate of drug-likeness (QED) is 0.337. The van der Waals surface area contributed by atoms with Crippen LogP contribution in [0.15, 0.2) is 89.7 Å². The molecule has 6 aromatic rings. The van der Waals surface area contributed by atoms with Gasteiger partial charge in [0.1, 0.15) is 11.4 Å². The first-order chi connectivity index (χ1) is 18.8. The second-order valence-electron chi connectivity index (χ2n) is 8.49. The number of aryl methyl sites for hydroxylation is 1. The molecule has 2 aromatic carbocycles. The minimum atomic E-state index is 0.495. The lowest BCUT2D eigenvalue weighted by molar-refractivity contribution is 0.855. The van der Waals surface area contributed by atoms with Crippen molar-refractivity contribution in [2.45, 2.75) is 6.92 Å². The molecule has 0 spiro atoms. The van der Waals surface area contributed by atoms with E-state index < -0.39 is 0 Å². The zero-order valence-electron chi connectivity index (χ0n) is 20.0. The fraction of sp³-hybridized carbons (Fsp3) is 0.0370. The molecular weight excluding hydrogens is 496 g/mol. The van der Waals surface area contributed by atoms with Crippen molar-refractivity contribution in [2.75, 3.05) is 5.32 Å². The van der Waals surface area contributed by atoms with E-state index in [2.05, 4.69) is 53.0 Å². The summed E-state index contributed by atoms with van der Waals surface area (Å²) in [6.07, 6.45) is 7.28. The third kappa shape index (κ3) is 3.73. The average molecular weight is 515 g/mol. The molecule has 0 bridgehead atoms. The molecule has 7 rings (SSSR count). The molecule has 182 valence electrons. The molecule has 0 saturated heterocycles. The number of hydrogen-bond acceptors (Lipinski definition) is 10. The Kier molecular flexibility index (Phi) is 5.26. The minimum Gasteiger partial charge on any atom is -0.334 e. The highest BCUT2D eigenvalue weighted by atomic mass is 32.1. The summed E-state index contributed by atoms with van der Waals surface area (Å²) < 4.78 is 1.76. The minimum absolute atomic E-state index is 0.495. The van der Waals surface area contributed by atoms with Gasteiger partial charge in [0.05, 0.1) is 16.8 Å². The largest absolute Gasteiger partial charge is 0.334 e. The number of nitrogens with one attached hydrogen (secondary N) is 1. The number of anilines is 1. The highest BCUT2D eigenvalue weighted by Gasteiger charge is 2.23. The van der Waals surface area contributed by atoms with Crippen LogP contribution in [0.4, 0.5) is 5.13 Å². The van der Waals surface area contributed by atoms with Crippen LogP contribution >= 0.6 is 11.3 Å².